The van der Waals surface area contributed by atoms with Gasteiger partial charge in [0.15, 0.2) is 11.5 Å². The smallest absolute Gasteiger partial charge is 0.161 e. The lowest BCUT2D eigenvalue weighted by Gasteiger charge is -2.41. The third-order valence-corrected chi connectivity index (χ3v) is 4.60. The average molecular weight is 331 g/mol. The van der Waals surface area contributed by atoms with Crippen molar-refractivity contribution in [1.29, 1.82) is 5.26 Å². The summed E-state index contributed by atoms with van der Waals surface area (Å²) in [7, 11) is 1.63. The van der Waals surface area contributed by atoms with E-state index in [1.54, 1.807) is 7.11 Å². The molecule has 24 heavy (non-hydrogen) atoms. The molecule has 0 spiro atoms. The number of nitriles is 1. The normalized spacial score (nSPS) is 20.4. The van der Waals surface area contributed by atoms with E-state index in [0.717, 1.165) is 37.5 Å². The minimum Gasteiger partial charge on any atom is -0.493 e. The highest BCUT2D eigenvalue weighted by atomic mass is 16.5. The van der Waals surface area contributed by atoms with Crippen LogP contribution in [0.5, 0.6) is 11.5 Å². The van der Waals surface area contributed by atoms with E-state index in [9.17, 15) is 5.26 Å². The first-order valence-corrected chi connectivity index (χ1v) is 8.83. The van der Waals surface area contributed by atoms with Crippen LogP contribution in [0.2, 0.25) is 0 Å². The molecule has 0 bridgehead atoms. The molecule has 0 radical (unpaired) electrons. The number of rotatable bonds is 7. The lowest BCUT2D eigenvalue weighted by molar-refractivity contribution is 0.0690. The Labute approximate surface area is 145 Å². The van der Waals surface area contributed by atoms with Crippen LogP contribution in [0.3, 0.4) is 0 Å². The molecule has 1 aromatic carbocycles. The molecule has 1 fully saturated rings. The maximum Gasteiger partial charge on any atom is 0.161 e. The molecule has 2 atom stereocenters. The predicted octanol–water partition coefficient (Wildman–Crippen LogP) is 3.07. The molecule has 0 N–H and O–H groups in total. The van der Waals surface area contributed by atoms with Crippen molar-refractivity contribution >= 4 is 0 Å². The van der Waals surface area contributed by atoms with Crippen LogP contribution < -0.4 is 9.47 Å². The predicted molar refractivity (Wildman–Crippen MR) is 95.4 cm³/mol. The van der Waals surface area contributed by atoms with Crippen molar-refractivity contribution in [2.75, 3.05) is 39.9 Å². The Morgan fingerprint density at radius 2 is 2.08 bits per heavy atom. The zero-order chi connectivity index (χ0) is 17.5. The van der Waals surface area contributed by atoms with Crippen LogP contribution in [0.15, 0.2) is 18.2 Å². The molecule has 132 valence electrons. The molecule has 0 amide bonds. The molecule has 1 saturated heterocycles. The Morgan fingerprint density at radius 1 is 1.29 bits per heavy atom. The number of piperazine rings is 1. The van der Waals surface area contributed by atoms with E-state index < -0.39 is 0 Å². The quantitative estimate of drug-likeness (QED) is 0.768. The Bertz CT molecular complexity index is 570. The highest BCUT2D eigenvalue weighted by Crippen LogP contribution is 2.32. The Balaban J connectivity index is 2.16. The molecule has 5 nitrogen and oxygen atoms in total. The van der Waals surface area contributed by atoms with Gasteiger partial charge in [-0.3, -0.25) is 9.80 Å². The van der Waals surface area contributed by atoms with Crippen LogP contribution in [0.25, 0.3) is 0 Å². The van der Waals surface area contributed by atoms with Gasteiger partial charge in [0, 0.05) is 25.7 Å². The van der Waals surface area contributed by atoms with Gasteiger partial charge in [0.1, 0.15) is 6.04 Å². The first kappa shape index (κ1) is 18.6. The molecule has 0 aromatic heterocycles. The first-order valence-electron chi connectivity index (χ1n) is 8.83. The summed E-state index contributed by atoms with van der Waals surface area (Å²) in [6.45, 7) is 11.0. The minimum atomic E-state index is -0.249. The highest BCUT2D eigenvalue weighted by Gasteiger charge is 2.29. The molecule has 1 heterocycles. The fourth-order valence-corrected chi connectivity index (χ4v) is 3.37. The van der Waals surface area contributed by atoms with Crippen molar-refractivity contribution in [3.63, 3.8) is 0 Å². The van der Waals surface area contributed by atoms with E-state index in [2.05, 4.69) is 29.7 Å². The zero-order valence-electron chi connectivity index (χ0n) is 15.3. The molecule has 2 rings (SSSR count). The second-order valence-corrected chi connectivity index (χ2v) is 6.25. The van der Waals surface area contributed by atoms with Crippen molar-refractivity contribution in [2.24, 2.45) is 0 Å². The van der Waals surface area contributed by atoms with Gasteiger partial charge in [-0.2, -0.15) is 5.26 Å². The van der Waals surface area contributed by atoms with E-state index in [1.807, 2.05) is 25.1 Å². The van der Waals surface area contributed by atoms with E-state index in [1.165, 1.54) is 6.42 Å². The molecule has 1 aliphatic heterocycles. The number of benzene rings is 1. The molecular weight excluding hydrogens is 302 g/mol. The van der Waals surface area contributed by atoms with Gasteiger partial charge in [-0.1, -0.05) is 13.0 Å². The van der Waals surface area contributed by atoms with E-state index in [-0.39, 0.29) is 6.04 Å². The molecule has 5 heteroatoms. The fraction of sp³-hybridized carbons (Fsp3) is 0.632. The third kappa shape index (κ3) is 4.19. The van der Waals surface area contributed by atoms with Crippen LogP contribution >= 0.6 is 0 Å². The van der Waals surface area contributed by atoms with Gasteiger partial charge < -0.3 is 9.47 Å². The Hall–Kier alpha value is -1.77. The average Bonchev–Trinajstić information content (AvgIpc) is 2.59. The molecule has 1 aliphatic rings. The maximum atomic E-state index is 9.75. The second kappa shape index (κ2) is 8.91. The molecule has 2 unspecified atom stereocenters. The summed E-state index contributed by atoms with van der Waals surface area (Å²) in [6.07, 6.45) is 1.17. The second-order valence-electron chi connectivity index (χ2n) is 6.25. The van der Waals surface area contributed by atoms with Crippen molar-refractivity contribution in [2.45, 2.75) is 39.3 Å². The lowest BCUT2D eigenvalue weighted by Crippen LogP contribution is -2.52. The standard InChI is InChI=1S/C19H29N3O2/c1-5-9-21-10-11-22(14-15(21)3)17(13-20)16-7-8-18(24-6-2)19(12-16)23-4/h7-8,12,15,17H,5-6,9-11,14H2,1-4H3. The van der Waals surface area contributed by atoms with E-state index in [0.29, 0.717) is 18.4 Å². The summed E-state index contributed by atoms with van der Waals surface area (Å²) in [4.78, 5) is 4.77. The molecule has 0 saturated carbocycles. The van der Waals surface area contributed by atoms with E-state index >= 15 is 0 Å². The van der Waals surface area contributed by atoms with E-state index in [4.69, 9.17) is 9.47 Å². The summed E-state index contributed by atoms with van der Waals surface area (Å²) in [5, 5.41) is 9.75. The topological polar surface area (TPSA) is 48.7 Å². The molecule has 1 aromatic rings. The SMILES string of the molecule is CCCN1CCN(C(C#N)c2ccc(OCC)c(OC)c2)CC1C. The molecule has 0 aliphatic carbocycles. The van der Waals surface area contributed by atoms with Gasteiger partial charge in [0.25, 0.3) is 0 Å². The van der Waals surface area contributed by atoms with Gasteiger partial charge in [-0.15, -0.1) is 0 Å². The van der Waals surface area contributed by atoms with Crippen LogP contribution in [0.4, 0.5) is 0 Å². The van der Waals surface area contributed by atoms with Gasteiger partial charge in [0.2, 0.25) is 0 Å². The number of ether oxygens (including phenoxy) is 2. The van der Waals surface area contributed by atoms with Gasteiger partial charge in [-0.25, -0.2) is 0 Å². The first-order chi connectivity index (χ1) is 11.6. The maximum absolute atomic E-state index is 9.75. The van der Waals surface area contributed by atoms with Gasteiger partial charge >= 0.3 is 0 Å². The largest absolute Gasteiger partial charge is 0.493 e. The van der Waals surface area contributed by atoms with Crippen molar-refractivity contribution in [1.82, 2.24) is 9.80 Å². The molecular formula is C19H29N3O2. The highest BCUT2D eigenvalue weighted by molar-refractivity contribution is 5.45. The van der Waals surface area contributed by atoms with Crippen LogP contribution in [-0.4, -0.2) is 55.7 Å². The summed E-state index contributed by atoms with van der Waals surface area (Å²) in [5.41, 5.74) is 0.967. The van der Waals surface area contributed by atoms with Crippen LogP contribution in [0, 0.1) is 11.3 Å². The number of methoxy groups -OCH3 is 1. The van der Waals surface area contributed by atoms with Crippen LogP contribution in [-0.2, 0) is 0 Å². The van der Waals surface area contributed by atoms with Crippen molar-refractivity contribution in [3.05, 3.63) is 23.8 Å². The van der Waals surface area contributed by atoms with Crippen molar-refractivity contribution < 1.29 is 9.47 Å². The summed E-state index contributed by atoms with van der Waals surface area (Å²) >= 11 is 0. The summed E-state index contributed by atoms with van der Waals surface area (Å²) < 4.78 is 11.0. The fourth-order valence-electron chi connectivity index (χ4n) is 3.37. The summed E-state index contributed by atoms with van der Waals surface area (Å²) in [6, 6.07) is 8.50. The number of hydrogen-bond donors (Lipinski definition) is 0. The Kier molecular flexibility index (Phi) is 6.89. The van der Waals surface area contributed by atoms with Crippen molar-refractivity contribution in [3.8, 4) is 17.6 Å². The lowest BCUT2D eigenvalue weighted by atomic mass is 10.0. The zero-order valence-corrected chi connectivity index (χ0v) is 15.3. The number of hydrogen-bond acceptors (Lipinski definition) is 5. The monoisotopic (exact) mass is 331 g/mol. The van der Waals surface area contributed by atoms with Gasteiger partial charge in [0.05, 0.1) is 19.8 Å². The van der Waals surface area contributed by atoms with Crippen LogP contribution in [0.1, 0.15) is 38.8 Å². The summed E-state index contributed by atoms with van der Waals surface area (Å²) in [5.74, 6) is 1.41. The minimum absolute atomic E-state index is 0.249. The Morgan fingerprint density at radius 3 is 2.67 bits per heavy atom. The number of nitrogens with zero attached hydrogens (tertiary/aromatic N) is 3. The van der Waals surface area contributed by atoms with Gasteiger partial charge in [-0.05, 0) is 44.5 Å². The third-order valence-electron chi connectivity index (χ3n) is 4.60.